The zero-order valence-corrected chi connectivity index (χ0v) is 41.3. The van der Waals surface area contributed by atoms with Gasteiger partial charge in [0.15, 0.2) is 5.60 Å². The van der Waals surface area contributed by atoms with E-state index in [1.807, 2.05) is 0 Å². The first-order valence-electron chi connectivity index (χ1n) is 23.5. The fourth-order valence-electron chi connectivity index (χ4n) is 8.67. The molecule has 5 aromatic rings. The molecule has 0 unspecified atom stereocenters. The Morgan fingerprint density at radius 1 is 1.00 bits per heavy atom. The third-order valence-corrected chi connectivity index (χ3v) is 13.4. The number of pyridine rings is 2. The molecule has 5 heterocycles. The Balaban J connectivity index is 1.02. The second-order valence-electron chi connectivity index (χ2n) is 18.2. The zero-order chi connectivity index (χ0) is 52.1. The summed E-state index contributed by atoms with van der Waals surface area (Å²) < 4.78 is 45.0. The number of nitrogens with two attached hydrogens (primary N) is 1. The van der Waals surface area contributed by atoms with Crippen LogP contribution in [0.2, 0.25) is 0 Å². The van der Waals surface area contributed by atoms with Gasteiger partial charge in [0.05, 0.1) is 41.1 Å². The zero-order valence-electron chi connectivity index (χ0n) is 40.5. The van der Waals surface area contributed by atoms with Crippen LogP contribution < -0.4 is 32.6 Å². The van der Waals surface area contributed by atoms with E-state index in [0.29, 0.717) is 82.5 Å². The molecule has 2 aliphatic rings. The van der Waals surface area contributed by atoms with Gasteiger partial charge in [0.1, 0.15) is 24.5 Å². The summed E-state index contributed by atoms with van der Waals surface area (Å²) in [6.07, 6.45) is 5.54. The standard InChI is InChI=1S/C51H56FN9O10S/c1-6-51(68)36-21-40-45-34(26-61(40)48(66)35(36)27-71-49(51)67)43(33-19-29(4)37(52)22-39(33)58-45)31-14-12-15-32(20-31)57-42(63)25-54-46(64)38(16-10-11-18-53)59-47(65)44(28(2)3)60-41(62)17-9-7-8-13-30-23-55-50(56-24-30)72(5,69)70/h12,14-15,19-24,28,38,44,68H,6-7,9-11,16-18,25-27,53H2,1-5H3,(H,54,64)(H,57,63)(H,59,65)(H,60,62)/t38-,44-,51-/m0/s1. The van der Waals surface area contributed by atoms with Crippen LogP contribution in [0, 0.1) is 30.5 Å². The van der Waals surface area contributed by atoms with Crippen molar-refractivity contribution in [2.75, 3.05) is 24.7 Å². The van der Waals surface area contributed by atoms with Gasteiger partial charge < -0.3 is 41.4 Å². The highest BCUT2D eigenvalue weighted by Gasteiger charge is 2.45. The number of hydrogen-bond donors (Lipinski definition) is 6. The quantitative estimate of drug-likeness (QED) is 0.0312. The number of aromatic nitrogens is 4. The maximum atomic E-state index is 15.2. The molecule has 21 heteroatoms. The van der Waals surface area contributed by atoms with E-state index in [0.717, 1.165) is 6.26 Å². The minimum atomic E-state index is -3.55. The second-order valence-corrected chi connectivity index (χ2v) is 20.1. The molecule has 2 aromatic carbocycles. The summed E-state index contributed by atoms with van der Waals surface area (Å²) in [6.45, 7) is 6.36. The molecule has 72 heavy (non-hydrogen) atoms. The normalized spacial score (nSPS) is 15.5. The Morgan fingerprint density at radius 2 is 1.75 bits per heavy atom. The summed E-state index contributed by atoms with van der Waals surface area (Å²) in [5.41, 5.74) is 7.43. The first-order valence-corrected chi connectivity index (χ1v) is 25.4. The third kappa shape index (κ3) is 11.4. The molecule has 3 aromatic heterocycles. The van der Waals surface area contributed by atoms with Crippen molar-refractivity contribution in [1.29, 1.82) is 0 Å². The van der Waals surface area contributed by atoms with Gasteiger partial charge in [-0.15, -0.1) is 0 Å². The molecule has 19 nitrogen and oxygen atoms in total. The van der Waals surface area contributed by atoms with Gasteiger partial charge in [-0.1, -0.05) is 44.7 Å². The first kappa shape index (κ1) is 52.4. The number of aliphatic hydroxyl groups is 1. The number of aryl methyl sites for hydroxylation is 1. The van der Waals surface area contributed by atoms with Crippen molar-refractivity contribution in [3.05, 3.63) is 98.8 Å². The van der Waals surface area contributed by atoms with Gasteiger partial charge in [-0.2, -0.15) is 0 Å². The summed E-state index contributed by atoms with van der Waals surface area (Å²) in [6, 6.07) is 9.35. The Morgan fingerprint density at radius 3 is 2.44 bits per heavy atom. The van der Waals surface area contributed by atoms with Gasteiger partial charge in [-0.25, -0.2) is 32.6 Å². The number of hydrogen-bond acceptors (Lipinski definition) is 14. The van der Waals surface area contributed by atoms with Gasteiger partial charge in [0, 0.05) is 59.8 Å². The molecule has 0 spiro atoms. The van der Waals surface area contributed by atoms with E-state index in [1.165, 1.54) is 23.0 Å². The predicted molar refractivity (Wildman–Crippen MR) is 264 cm³/mol. The summed E-state index contributed by atoms with van der Waals surface area (Å²) in [5.74, 6) is 1.80. The lowest BCUT2D eigenvalue weighted by molar-refractivity contribution is -0.172. The van der Waals surface area contributed by atoms with Crippen LogP contribution in [0.3, 0.4) is 0 Å². The van der Waals surface area contributed by atoms with E-state index in [-0.39, 0.29) is 60.1 Å². The Labute approximate surface area is 414 Å². The highest BCUT2D eigenvalue weighted by molar-refractivity contribution is 7.90. The number of carbonyl (C=O) groups excluding carboxylic acids is 5. The number of amides is 4. The maximum absolute atomic E-state index is 15.2. The van der Waals surface area contributed by atoms with Crippen molar-refractivity contribution in [2.24, 2.45) is 11.7 Å². The number of nitrogens with zero attached hydrogens (tertiary/aromatic N) is 4. The van der Waals surface area contributed by atoms with Crippen LogP contribution in [0.1, 0.15) is 93.5 Å². The molecule has 0 fully saturated rings. The molecule has 3 atom stereocenters. The molecule has 7 N–H and O–H groups in total. The molecule has 2 aliphatic heterocycles. The number of unbranched alkanes of at least 4 members (excludes halogenated alkanes) is 2. The molecule has 0 saturated heterocycles. The summed E-state index contributed by atoms with van der Waals surface area (Å²) in [5, 5.41) is 22.6. The van der Waals surface area contributed by atoms with Gasteiger partial charge in [0.25, 0.3) is 5.56 Å². The van der Waals surface area contributed by atoms with E-state index in [1.54, 1.807) is 64.1 Å². The molecule has 378 valence electrons. The number of benzene rings is 2. The number of cyclic esters (lactones) is 1. The number of anilines is 1. The van der Waals surface area contributed by atoms with E-state index in [4.69, 9.17) is 15.5 Å². The SMILES string of the molecule is CC[C@@]1(O)C(=O)OCc2c1cc1n(c2=O)Cc2c-1nc1cc(F)c(C)cc1c2-c1cccc(NC(=O)CNC(=O)[C@H](CCCCN)NC(=O)[C@@H](NC(=O)CCCC#Cc2cnc(S(C)(=O)=O)nc2)C(C)C)c1. The summed E-state index contributed by atoms with van der Waals surface area (Å²) >= 11 is 0. The fourth-order valence-corrected chi connectivity index (χ4v) is 9.15. The number of carbonyl (C=O) groups is 5. The van der Waals surface area contributed by atoms with E-state index in [2.05, 4.69) is 43.1 Å². The highest BCUT2D eigenvalue weighted by atomic mass is 32.2. The van der Waals surface area contributed by atoms with Crippen molar-refractivity contribution >= 4 is 56.0 Å². The monoisotopic (exact) mass is 1010 g/mol. The number of fused-ring (bicyclic) bond motifs is 5. The number of sulfone groups is 1. The summed E-state index contributed by atoms with van der Waals surface area (Å²) in [7, 11) is -3.55. The third-order valence-electron chi connectivity index (χ3n) is 12.6. The molecule has 0 saturated carbocycles. The maximum Gasteiger partial charge on any atom is 0.343 e. The van der Waals surface area contributed by atoms with E-state index < -0.39 is 75.0 Å². The summed E-state index contributed by atoms with van der Waals surface area (Å²) in [4.78, 5) is 92.9. The molecular formula is C51H56FN9O10S. The van der Waals surface area contributed by atoms with Gasteiger partial charge in [0.2, 0.25) is 38.6 Å². The number of halogens is 1. The second kappa shape index (κ2) is 21.9. The van der Waals surface area contributed by atoms with Crippen LogP contribution in [0.5, 0.6) is 0 Å². The molecule has 0 bridgehead atoms. The van der Waals surface area contributed by atoms with Gasteiger partial charge in [-0.3, -0.25) is 24.0 Å². The molecule has 0 aliphatic carbocycles. The average molecular weight is 1010 g/mol. The lowest BCUT2D eigenvalue weighted by Gasteiger charge is -2.31. The Hall–Kier alpha value is -7.41. The smallest absolute Gasteiger partial charge is 0.343 e. The number of esters is 1. The average Bonchev–Trinajstić information content (AvgIpc) is 3.71. The minimum absolute atomic E-state index is 0.0423. The largest absolute Gasteiger partial charge is 0.458 e. The molecule has 4 amide bonds. The minimum Gasteiger partial charge on any atom is -0.458 e. The predicted octanol–water partition coefficient (Wildman–Crippen LogP) is 3.42. The van der Waals surface area contributed by atoms with Gasteiger partial charge >= 0.3 is 5.97 Å². The van der Waals surface area contributed by atoms with Crippen molar-refractivity contribution in [2.45, 2.75) is 109 Å². The van der Waals surface area contributed by atoms with E-state index >= 15 is 4.39 Å². The van der Waals surface area contributed by atoms with Crippen LogP contribution in [0.25, 0.3) is 33.4 Å². The van der Waals surface area contributed by atoms with Crippen LogP contribution in [-0.2, 0) is 57.3 Å². The fraction of sp³-hybridized carbons (Fsp3) is 0.392. The molecule has 0 radical (unpaired) electrons. The topological polar surface area (TPSA) is 284 Å². The van der Waals surface area contributed by atoms with Crippen molar-refractivity contribution < 1.29 is 46.6 Å². The molecular weight excluding hydrogens is 950 g/mol. The van der Waals surface area contributed by atoms with Crippen molar-refractivity contribution in [1.82, 2.24) is 35.5 Å². The lowest BCUT2D eigenvalue weighted by atomic mass is 9.86. The number of nitrogens with one attached hydrogen (secondary N) is 4. The van der Waals surface area contributed by atoms with Crippen molar-refractivity contribution in [3.63, 3.8) is 0 Å². The molecule has 7 rings (SSSR count). The van der Waals surface area contributed by atoms with Crippen LogP contribution in [0.4, 0.5) is 10.1 Å². The van der Waals surface area contributed by atoms with Gasteiger partial charge in [-0.05, 0) is 92.4 Å². The van der Waals surface area contributed by atoms with Crippen LogP contribution in [0.15, 0.2) is 64.8 Å². The lowest BCUT2D eigenvalue weighted by Crippen LogP contribution is -2.55. The highest BCUT2D eigenvalue weighted by Crippen LogP contribution is 2.44. The number of rotatable bonds is 18. The van der Waals surface area contributed by atoms with E-state index in [9.17, 15) is 42.3 Å². The van der Waals surface area contributed by atoms with Crippen LogP contribution in [-0.4, -0.2) is 94.1 Å². The van der Waals surface area contributed by atoms with Crippen LogP contribution >= 0.6 is 0 Å². The van der Waals surface area contributed by atoms with Crippen molar-refractivity contribution in [3.8, 4) is 34.4 Å². The first-order chi connectivity index (χ1) is 34.2. The Kier molecular flexibility index (Phi) is 16.0. The number of ether oxygens (including phenoxy) is 1. The Bertz CT molecular complexity index is 3220.